The fourth-order valence-corrected chi connectivity index (χ4v) is 2.58. The summed E-state index contributed by atoms with van der Waals surface area (Å²) in [6.07, 6.45) is 2.35. The number of thioether (sulfide) groups is 1. The molecule has 6 heteroatoms. The zero-order chi connectivity index (χ0) is 12.7. The SMILES string of the molecule is CSCC[C@H](O)C(=O)NCCc1scnc1C. The molecule has 1 rings (SSSR count). The fraction of sp³-hybridized carbons (Fsp3) is 0.636. The highest BCUT2D eigenvalue weighted by Crippen LogP contribution is 2.11. The lowest BCUT2D eigenvalue weighted by molar-refractivity contribution is -0.129. The Morgan fingerprint density at radius 3 is 3.06 bits per heavy atom. The van der Waals surface area contributed by atoms with Crippen LogP contribution in [0.25, 0.3) is 0 Å². The van der Waals surface area contributed by atoms with Gasteiger partial charge in [0.05, 0.1) is 11.2 Å². The molecule has 0 bridgehead atoms. The standard InChI is InChI=1S/C11H18N2O2S2/c1-8-10(17-7-13-8)3-5-12-11(15)9(14)4-6-16-2/h7,9,14H,3-6H2,1-2H3,(H,12,15)/t9-/m0/s1. The minimum absolute atomic E-state index is 0.277. The van der Waals surface area contributed by atoms with Gasteiger partial charge < -0.3 is 10.4 Å². The summed E-state index contributed by atoms with van der Waals surface area (Å²) < 4.78 is 0. The second-order valence-corrected chi connectivity index (χ2v) is 5.62. The molecule has 96 valence electrons. The van der Waals surface area contributed by atoms with Crippen LogP contribution in [0.5, 0.6) is 0 Å². The van der Waals surface area contributed by atoms with Crippen molar-refractivity contribution >= 4 is 29.0 Å². The van der Waals surface area contributed by atoms with Gasteiger partial charge in [0.25, 0.3) is 0 Å². The molecule has 1 aromatic heterocycles. The first-order valence-electron chi connectivity index (χ1n) is 5.48. The van der Waals surface area contributed by atoms with E-state index in [4.69, 9.17) is 0 Å². The van der Waals surface area contributed by atoms with Gasteiger partial charge in [0, 0.05) is 17.8 Å². The first-order valence-corrected chi connectivity index (χ1v) is 7.76. The van der Waals surface area contributed by atoms with E-state index in [1.54, 1.807) is 28.6 Å². The van der Waals surface area contributed by atoms with E-state index in [0.29, 0.717) is 13.0 Å². The molecule has 17 heavy (non-hydrogen) atoms. The number of aliphatic hydroxyl groups is 1. The van der Waals surface area contributed by atoms with Crippen molar-refractivity contribution in [2.75, 3.05) is 18.6 Å². The molecule has 0 aromatic carbocycles. The maximum atomic E-state index is 11.5. The van der Waals surface area contributed by atoms with Crippen LogP contribution in [0, 0.1) is 6.92 Å². The highest BCUT2D eigenvalue weighted by atomic mass is 32.2. The van der Waals surface area contributed by atoms with Gasteiger partial charge in [-0.15, -0.1) is 11.3 Å². The van der Waals surface area contributed by atoms with E-state index < -0.39 is 6.10 Å². The van der Waals surface area contributed by atoms with Crippen molar-refractivity contribution in [3.63, 3.8) is 0 Å². The molecule has 1 amide bonds. The predicted molar refractivity (Wildman–Crippen MR) is 72.6 cm³/mol. The summed E-state index contributed by atoms with van der Waals surface area (Å²) in [6.45, 7) is 2.51. The van der Waals surface area contributed by atoms with E-state index in [2.05, 4.69) is 10.3 Å². The second kappa shape index (κ2) is 7.68. The van der Waals surface area contributed by atoms with Crippen LogP contribution in [-0.4, -0.2) is 40.7 Å². The molecule has 0 saturated heterocycles. The van der Waals surface area contributed by atoms with Gasteiger partial charge >= 0.3 is 0 Å². The van der Waals surface area contributed by atoms with Crippen molar-refractivity contribution in [3.05, 3.63) is 16.1 Å². The van der Waals surface area contributed by atoms with E-state index in [9.17, 15) is 9.90 Å². The topological polar surface area (TPSA) is 62.2 Å². The van der Waals surface area contributed by atoms with E-state index in [-0.39, 0.29) is 5.91 Å². The van der Waals surface area contributed by atoms with E-state index >= 15 is 0 Å². The Bertz CT molecular complexity index is 355. The van der Waals surface area contributed by atoms with Crippen LogP contribution in [0.4, 0.5) is 0 Å². The van der Waals surface area contributed by atoms with Crippen LogP contribution >= 0.6 is 23.1 Å². The van der Waals surface area contributed by atoms with Gasteiger partial charge in [-0.25, -0.2) is 4.98 Å². The maximum Gasteiger partial charge on any atom is 0.248 e. The minimum atomic E-state index is -0.884. The Morgan fingerprint density at radius 1 is 1.71 bits per heavy atom. The number of aliphatic hydroxyl groups excluding tert-OH is 1. The third kappa shape index (κ3) is 5.06. The van der Waals surface area contributed by atoms with Gasteiger partial charge in [0.2, 0.25) is 5.91 Å². The number of nitrogens with zero attached hydrogens (tertiary/aromatic N) is 1. The summed E-state index contributed by atoms with van der Waals surface area (Å²) in [5.74, 6) is 0.518. The van der Waals surface area contributed by atoms with Crippen LogP contribution in [0.1, 0.15) is 17.0 Å². The number of aromatic nitrogens is 1. The molecule has 0 aliphatic rings. The van der Waals surface area contributed by atoms with E-state index in [0.717, 1.165) is 17.9 Å². The van der Waals surface area contributed by atoms with Crippen LogP contribution in [-0.2, 0) is 11.2 Å². The fourth-order valence-electron chi connectivity index (χ4n) is 1.34. The lowest BCUT2D eigenvalue weighted by atomic mass is 10.2. The monoisotopic (exact) mass is 274 g/mol. The van der Waals surface area contributed by atoms with Crippen molar-refractivity contribution < 1.29 is 9.90 Å². The van der Waals surface area contributed by atoms with Crippen molar-refractivity contribution in [1.29, 1.82) is 0 Å². The number of carbonyl (C=O) groups is 1. The Labute approximate surface area is 110 Å². The summed E-state index contributed by atoms with van der Waals surface area (Å²) in [5, 5.41) is 12.3. The van der Waals surface area contributed by atoms with Crippen LogP contribution in [0.3, 0.4) is 0 Å². The quantitative estimate of drug-likeness (QED) is 0.785. The van der Waals surface area contributed by atoms with Gasteiger partial charge in [-0.1, -0.05) is 0 Å². The largest absolute Gasteiger partial charge is 0.383 e. The molecule has 0 unspecified atom stereocenters. The van der Waals surface area contributed by atoms with Crippen molar-refractivity contribution in [3.8, 4) is 0 Å². The van der Waals surface area contributed by atoms with Crippen LogP contribution < -0.4 is 5.32 Å². The number of aryl methyl sites for hydroxylation is 1. The number of carbonyl (C=O) groups excluding carboxylic acids is 1. The van der Waals surface area contributed by atoms with Gasteiger partial charge in [0.15, 0.2) is 0 Å². The van der Waals surface area contributed by atoms with E-state index in [1.807, 2.05) is 13.2 Å². The van der Waals surface area contributed by atoms with Crippen LogP contribution in [0.15, 0.2) is 5.51 Å². The predicted octanol–water partition coefficient (Wildman–Crippen LogP) is 1.22. The molecule has 1 aromatic rings. The number of hydrogen-bond acceptors (Lipinski definition) is 5. The number of nitrogens with one attached hydrogen (secondary N) is 1. The van der Waals surface area contributed by atoms with Gasteiger partial charge in [-0.3, -0.25) is 4.79 Å². The second-order valence-electron chi connectivity index (χ2n) is 3.70. The summed E-state index contributed by atoms with van der Waals surface area (Å²) in [6, 6.07) is 0. The molecule has 0 aliphatic heterocycles. The summed E-state index contributed by atoms with van der Waals surface area (Å²) >= 11 is 3.22. The molecule has 4 nitrogen and oxygen atoms in total. The maximum absolute atomic E-state index is 11.5. The first-order chi connectivity index (χ1) is 8.15. The highest BCUT2D eigenvalue weighted by Gasteiger charge is 2.13. The number of rotatable bonds is 7. The van der Waals surface area contributed by atoms with Crippen molar-refractivity contribution in [2.24, 2.45) is 0 Å². The lowest BCUT2D eigenvalue weighted by Gasteiger charge is -2.10. The van der Waals surface area contributed by atoms with Gasteiger partial charge in [0.1, 0.15) is 6.10 Å². The third-order valence-corrected chi connectivity index (χ3v) is 4.03. The Morgan fingerprint density at radius 2 is 2.47 bits per heavy atom. The third-order valence-electron chi connectivity index (χ3n) is 2.39. The molecule has 1 heterocycles. The average molecular weight is 274 g/mol. The Hall–Kier alpha value is -0.590. The zero-order valence-corrected chi connectivity index (χ0v) is 11.7. The van der Waals surface area contributed by atoms with Crippen molar-refractivity contribution in [2.45, 2.75) is 25.9 Å². The molecule has 0 fully saturated rings. The first kappa shape index (κ1) is 14.5. The molecule has 0 spiro atoms. The molecular weight excluding hydrogens is 256 g/mol. The smallest absolute Gasteiger partial charge is 0.248 e. The number of thiazole rings is 1. The summed E-state index contributed by atoms with van der Waals surface area (Å²) in [4.78, 5) is 16.8. The Balaban J connectivity index is 2.22. The molecule has 0 aliphatic carbocycles. The minimum Gasteiger partial charge on any atom is -0.383 e. The highest BCUT2D eigenvalue weighted by molar-refractivity contribution is 7.98. The average Bonchev–Trinajstić information content (AvgIpc) is 2.72. The van der Waals surface area contributed by atoms with Crippen LogP contribution in [0.2, 0.25) is 0 Å². The molecular formula is C11H18N2O2S2. The molecule has 0 radical (unpaired) electrons. The summed E-state index contributed by atoms with van der Waals surface area (Å²) in [5.41, 5.74) is 2.83. The Kier molecular flexibility index (Phi) is 6.54. The molecule has 0 saturated carbocycles. The number of hydrogen-bond donors (Lipinski definition) is 2. The summed E-state index contributed by atoms with van der Waals surface area (Å²) in [7, 11) is 0. The lowest BCUT2D eigenvalue weighted by Crippen LogP contribution is -2.36. The molecule has 1 atom stereocenters. The molecule has 2 N–H and O–H groups in total. The van der Waals surface area contributed by atoms with E-state index in [1.165, 1.54) is 4.88 Å². The zero-order valence-electron chi connectivity index (χ0n) is 10.1. The van der Waals surface area contributed by atoms with Gasteiger partial charge in [-0.2, -0.15) is 11.8 Å². The van der Waals surface area contributed by atoms with Crippen molar-refractivity contribution in [1.82, 2.24) is 10.3 Å². The number of amides is 1. The van der Waals surface area contributed by atoms with Gasteiger partial charge in [-0.05, 0) is 25.4 Å². The normalized spacial score (nSPS) is 12.4.